The van der Waals surface area contributed by atoms with Gasteiger partial charge in [-0.1, -0.05) is 12.8 Å². The summed E-state index contributed by atoms with van der Waals surface area (Å²) in [5.74, 6) is 0.941. The maximum Gasteiger partial charge on any atom is 0.234 e. The number of rotatable bonds is 10. The van der Waals surface area contributed by atoms with Gasteiger partial charge in [0.05, 0.1) is 38.8 Å². The summed E-state index contributed by atoms with van der Waals surface area (Å²) in [6.07, 6.45) is 8.69. The second kappa shape index (κ2) is 10.6. The number of sulfone groups is 1. The van der Waals surface area contributed by atoms with E-state index in [2.05, 4.69) is 10.6 Å². The van der Waals surface area contributed by atoms with Crippen molar-refractivity contribution in [3.05, 3.63) is 42.2 Å². The van der Waals surface area contributed by atoms with Crippen LogP contribution >= 0.6 is 0 Å². The van der Waals surface area contributed by atoms with Crippen LogP contribution in [0.1, 0.15) is 25.7 Å². The molecule has 0 saturated heterocycles. The van der Waals surface area contributed by atoms with Gasteiger partial charge in [0.1, 0.15) is 5.76 Å². The van der Waals surface area contributed by atoms with Crippen LogP contribution < -0.4 is 20.1 Å². The SMILES string of the molecule is COC1=CC(NCC(=O)NC2CCCC2)C(OC)(S(=O)(=O)c2ccc(OC)c(OC)c2)C=C1. The second-order valence-electron chi connectivity index (χ2n) is 7.96. The highest BCUT2D eigenvalue weighted by molar-refractivity contribution is 7.93. The van der Waals surface area contributed by atoms with Crippen LogP contribution in [-0.4, -0.2) is 66.3 Å². The predicted molar refractivity (Wildman–Crippen MR) is 123 cm³/mol. The van der Waals surface area contributed by atoms with E-state index in [0.717, 1.165) is 25.7 Å². The van der Waals surface area contributed by atoms with Crippen LogP contribution in [0.2, 0.25) is 0 Å². The van der Waals surface area contributed by atoms with Crippen molar-refractivity contribution in [2.75, 3.05) is 35.0 Å². The van der Waals surface area contributed by atoms with Crippen molar-refractivity contribution in [3.8, 4) is 11.5 Å². The zero-order valence-electron chi connectivity index (χ0n) is 19.4. The third-order valence-corrected chi connectivity index (χ3v) is 8.36. The number of hydrogen-bond acceptors (Lipinski definition) is 8. The molecule has 3 rings (SSSR count). The third-order valence-electron chi connectivity index (χ3n) is 6.09. The van der Waals surface area contributed by atoms with Crippen LogP contribution in [0.5, 0.6) is 11.5 Å². The van der Waals surface area contributed by atoms with Gasteiger partial charge < -0.3 is 24.3 Å². The van der Waals surface area contributed by atoms with Gasteiger partial charge in [-0.05, 0) is 43.2 Å². The number of methoxy groups -OCH3 is 4. The Morgan fingerprint density at radius 2 is 1.76 bits per heavy atom. The van der Waals surface area contributed by atoms with E-state index in [4.69, 9.17) is 18.9 Å². The number of hydrogen-bond donors (Lipinski definition) is 2. The zero-order valence-corrected chi connectivity index (χ0v) is 20.2. The van der Waals surface area contributed by atoms with E-state index in [1.165, 1.54) is 52.7 Å². The minimum Gasteiger partial charge on any atom is -0.497 e. The highest BCUT2D eigenvalue weighted by Gasteiger charge is 2.51. The van der Waals surface area contributed by atoms with E-state index in [0.29, 0.717) is 11.5 Å². The molecule has 0 bridgehead atoms. The molecule has 2 unspecified atom stereocenters. The van der Waals surface area contributed by atoms with Crippen LogP contribution in [0, 0.1) is 0 Å². The first-order chi connectivity index (χ1) is 15.8. The van der Waals surface area contributed by atoms with Crippen LogP contribution in [0.3, 0.4) is 0 Å². The summed E-state index contributed by atoms with van der Waals surface area (Å²) >= 11 is 0. The van der Waals surface area contributed by atoms with Crippen LogP contribution in [0.4, 0.5) is 0 Å². The number of benzene rings is 1. The Bertz CT molecular complexity index is 1020. The number of carbonyl (C=O) groups excluding carboxylic acids is 1. The maximum atomic E-state index is 13.9. The molecule has 2 aliphatic rings. The Kier molecular flexibility index (Phi) is 8.04. The summed E-state index contributed by atoms with van der Waals surface area (Å²) in [6, 6.07) is 3.62. The molecule has 2 atom stereocenters. The number of ether oxygens (including phenoxy) is 4. The van der Waals surface area contributed by atoms with E-state index >= 15 is 0 Å². The topological polar surface area (TPSA) is 112 Å². The van der Waals surface area contributed by atoms with Gasteiger partial charge in [0.2, 0.25) is 20.7 Å². The molecule has 10 heteroatoms. The molecule has 1 aromatic carbocycles. The van der Waals surface area contributed by atoms with Crippen molar-refractivity contribution in [3.63, 3.8) is 0 Å². The number of carbonyl (C=O) groups is 1. The summed E-state index contributed by atoms with van der Waals surface area (Å²) in [5.41, 5.74) is 0. The fraction of sp³-hybridized carbons (Fsp3) is 0.522. The zero-order chi connectivity index (χ0) is 24.1. The minimum atomic E-state index is -4.12. The monoisotopic (exact) mass is 480 g/mol. The van der Waals surface area contributed by atoms with Gasteiger partial charge in [0.15, 0.2) is 11.5 Å². The summed E-state index contributed by atoms with van der Waals surface area (Å²) < 4.78 is 49.2. The van der Waals surface area contributed by atoms with Gasteiger partial charge in [-0.25, -0.2) is 8.42 Å². The average Bonchev–Trinajstić information content (AvgIpc) is 3.34. The Morgan fingerprint density at radius 1 is 1.06 bits per heavy atom. The van der Waals surface area contributed by atoms with Crippen molar-refractivity contribution in [2.24, 2.45) is 0 Å². The molecule has 0 aliphatic heterocycles. The summed E-state index contributed by atoms with van der Waals surface area (Å²) in [5, 5.41) is 6.04. The molecular weight excluding hydrogens is 448 g/mol. The molecule has 0 aromatic heterocycles. The lowest BCUT2D eigenvalue weighted by Crippen LogP contribution is -2.57. The Hall–Kier alpha value is -2.56. The lowest BCUT2D eigenvalue weighted by Gasteiger charge is -2.37. The Balaban J connectivity index is 1.91. The fourth-order valence-corrected chi connectivity index (χ4v) is 6.09. The summed E-state index contributed by atoms with van der Waals surface area (Å²) in [6.45, 7) is -0.0743. The van der Waals surface area contributed by atoms with Gasteiger partial charge in [-0.2, -0.15) is 0 Å². The van der Waals surface area contributed by atoms with E-state index in [1.54, 1.807) is 12.2 Å². The third kappa shape index (κ3) is 5.02. The standard InChI is InChI=1S/C23H32N2O7S/c1-29-17-11-12-23(32-4,21(13-17)24-15-22(26)25-16-7-5-6-8-16)33(27,28)18-9-10-19(30-2)20(14-18)31-3/h9-14,16,21,24H,5-8,15H2,1-4H3,(H,25,26). The highest BCUT2D eigenvalue weighted by atomic mass is 32.2. The van der Waals surface area contributed by atoms with E-state index in [9.17, 15) is 13.2 Å². The molecule has 182 valence electrons. The molecule has 1 aromatic rings. The lowest BCUT2D eigenvalue weighted by atomic mass is 10.0. The van der Waals surface area contributed by atoms with Gasteiger partial charge in [-0.3, -0.25) is 10.1 Å². The number of amides is 1. The molecule has 33 heavy (non-hydrogen) atoms. The van der Waals surface area contributed by atoms with Crippen molar-refractivity contribution in [1.29, 1.82) is 0 Å². The van der Waals surface area contributed by atoms with Crippen molar-refractivity contribution in [2.45, 2.75) is 47.6 Å². The molecule has 0 spiro atoms. The summed E-state index contributed by atoms with van der Waals surface area (Å²) in [7, 11) is 1.59. The van der Waals surface area contributed by atoms with Gasteiger partial charge in [-0.15, -0.1) is 0 Å². The minimum absolute atomic E-state index is 0.0110. The first kappa shape index (κ1) is 25.1. The van der Waals surface area contributed by atoms with Crippen molar-refractivity contribution < 1.29 is 32.2 Å². The molecule has 2 aliphatic carbocycles. The average molecular weight is 481 g/mol. The second-order valence-corrected chi connectivity index (χ2v) is 10.1. The quantitative estimate of drug-likeness (QED) is 0.523. The first-order valence-electron chi connectivity index (χ1n) is 10.8. The number of allylic oxidation sites excluding steroid dienone is 1. The first-order valence-corrected chi connectivity index (χ1v) is 12.3. The molecule has 1 fully saturated rings. The molecule has 0 heterocycles. The van der Waals surface area contributed by atoms with Crippen LogP contribution in [0.25, 0.3) is 0 Å². The highest BCUT2D eigenvalue weighted by Crippen LogP contribution is 2.38. The Labute approximate surface area is 195 Å². The largest absolute Gasteiger partial charge is 0.497 e. The summed E-state index contributed by atoms with van der Waals surface area (Å²) in [4.78, 5) is 10.7. The van der Waals surface area contributed by atoms with E-state index in [1.807, 2.05) is 0 Å². The normalized spacial score (nSPS) is 23.2. The predicted octanol–water partition coefficient (Wildman–Crippen LogP) is 1.94. The van der Waals surface area contributed by atoms with Gasteiger partial charge in [0, 0.05) is 19.2 Å². The van der Waals surface area contributed by atoms with Crippen LogP contribution in [-0.2, 0) is 24.1 Å². The van der Waals surface area contributed by atoms with E-state index < -0.39 is 20.8 Å². The molecule has 1 amide bonds. The van der Waals surface area contributed by atoms with Crippen LogP contribution in [0.15, 0.2) is 47.1 Å². The Morgan fingerprint density at radius 3 is 2.36 bits per heavy atom. The van der Waals surface area contributed by atoms with Crippen molar-refractivity contribution >= 4 is 15.7 Å². The van der Waals surface area contributed by atoms with Gasteiger partial charge in [0.25, 0.3) is 0 Å². The maximum absolute atomic E-state index is 13.9. The van der Waals surface area contributed by atoms with Gasteiger partial charge >= 0.3 is 0 Å². The number of nitrogens with one attached hydrogen (secondary N) is 2. The van der Waals surface area contributed by atoms with E-state index in [-0.39, 0.29) is 29.1 Å². The lowest BCUT2D eigenvalue weighted by molar-refractivity contribution is -0.121. The fourth-order valence-electron chi connectivity index (χ4n) is 4.26. The molecule has 9 nitrogen and oxygen atoms in total. The molecule has 0 radical (unpaired) electrons. The smallest absolute Gasteiger partial charge is 0.234 e. The van der Waals surface area contributed by atoms with Crippen molar-refractivity contribution in [1.82, 2.24) is 10.6 Å². The molecule has 1 saturated carbocycles. The molecule has 2 N–H and O–H groups in total. The molecular formula is C23H32N2O7S.